The number of aliphatic hydroxyl groups is 1. The molecule has 1 aliphatic heterocycles. The Hall–Kier alpha value is -1.59. The third-order valence-corrected chi connectivity index (χ3v) is 4.46. The predicted octanol–water partition coefficient (Wildman–Crippen LogP) is 2.14. The molecule has 0 fully saturated rings. The number of hydrogen-bond acceptors (Lipinski definition) is 3. The van der Waals surface area contributed by atoms with Gasteiger partial charge in [-0.2, -0.15) is 0 Å². The fourth-order valence-corrected chi connectivity index (χ4v) is 3.23. The minimum atomic E-state index is -0.182. The van der Waals surface area contributed by atoms with E-state index in [2.05, 4.69) is 53.6 Å². The topological polar surface area (TPSA) is 64.6 Å². The van der Waals surface area contributed by atoms with Crippen molar-refractivity contribution in [2.24, 2.45) is 5.92 Å². The minimum absolute atomic E-state index is 0.0151. The second kappa shape index (κ2) is 9.64. The molecule has 5 nitrogen and oxygen atoms in total. The molecular formula is C19H31N3O2. The lowest BCUT2D eigenvalue weighted by atomic mass is 10.00. The lowest BCUT2D eigenvalue weighted by Gasteiger charge is -2.28. The fraction of sp³-hybridized carbons (Fsp3) is 0.632. The van der Waals surface area contributed by atoms with Crippen molar-refractivity contribution in [3.05, 3.63) is 35.4 Å². The molecule has 1 aliphatic rings. The first-order valence-corrected chi connectivity index (χ1v) is 9.03. The largest absolute Gasteiger partial charge is 0.394 e. The highest BCUT2D eigenvalue weighted by Gasteiger charge is 2.15. The van der Waals surface area contributed by atoms with E-state index in [-0.39, 0.29) is 18.7 Å². The summed E-state index contributed by atoms with van der Waals surface area (Å²) in [6, 6.07) is 8.28. The van der Waals surface area contributed by atoms with Gasteiger partial charge in [0.2, 0.25) is 0 Å². The Balaban J connectivity index is 1.62. The molecule has 0 aromatic heterocycles. The second-order valence-electron chi connectivity index (χ2n) is 7.06. The van der Waals surface area contributed by atoms with E-state index < -0.39 is 0 Å². The Morgan fingerprint density at radius 1 is 1.29 bits per heavy atom. The number of amides is 2. The SMILES string of the molecule is CC(C)CC(CO)NC(=O)NCCCN1CCc2ccccc2C1. The molecule has 0 saturated heterocycles. The van der Waals surface area contributed by atoms with Crippen LogP contribution in [0, 0.1) is 5.92 Å². The standard InChI is InChI=1S/C19H31N3O2/c1-15(2)12-18(14-23)21-19(24)20-9-5-10-22-11-8-16-6-3-4-7-17(16)13-22/h3-4,6-7,15,18,23H,5,8-14H2,1-2H3,(H2,20,21,24). The molecule has 3 N–H and O–H groups in total. The van der Waals surface area contributed by atoms with Crippen molar-refractivity contribution in [3.8, 4) is 0 Å². The molecule has 5 heteroatoms. The van der Waals surface area contributed by atoms with Crippen LogP contribution in [-0.4, -0.2) is 48.3 Å². The van der Waals surface area contributed by atoms with Gasteiger partial charge >= 0.3 is 6.03 Å². The van der Waals surface area contributed by atoms with Gasteiger partial charge in [-0.3, -0.25) is 4.90 Å². The van der Waals surface area contributed by atoms with E-state index in [0.29, 0.717) is 12.5 Å². The van der Waals surface area contributed by atoms with Gasteiger partial charge in [0.1, 0.15) is 0 Å². The highest BCUT2D eigenvalue weighted by molar-refractivity contribution is 5.74. The minimum Gasteiger partial charge on any atom is -0.394 e. The van der Waals surface area contributed by atoms with E-state index in [1.165, 1.54) is 11.1 Å². The molecule has 0 radical (unpaired) electrons. The first-order valence-electron chi connectivity index (χ1n) is 9.03. The summed E-state index contributed by atoms with van der Waals surface area (Å²) in [7, 11) is 0. The molecule has 1 unspecified atom stereocenters. The average Bonchev–Trinajstić information content (AvgIpc) is 2.57. The number of rotatable bonds is 8. The molecule has 2 amide bonds. The number of aliphatic hydroxyl groups excluding tert-OH is 1. The number of carbonyl (C=O) groups is 1. The maximum absolute atomic E-state index is 11.9. The molecule has 0 bridgehead atoms. The summed E-state index contributed by atoms with van der Waals surface area (Å²) in [4.78, 5) is 14.3. The van der Waals surface area contributed by atoms with E-state index >= 15 is 0 Å². The monoisotopic (exact) mass is 333 g/mol. The maximum atomic E-state index is 11.9. The highest BCUT2D eigenvalue weighted by atomic mass is 16.3. The molecule has 24 heavy (non-hydrogen) atoms. The van der Waals surface area contributed by atoms with E-state index in [9.17, 15) is 9.90 Å². The lowest BCUT2D eigenvalue weighted by Crippen LogP contribution is -2.45. The first kappa shape index (κ1) is 18.7. The van der Waals surface area contributed by atoms with Crippen molar-refractivity contribution < 1.29 is 9.90 Å². The van der Waals surface area contributed by atoms with Crippen molar-refractivity contribution in [3.63, 3.8) is 0 Å². The van der Waals surface area contributed by atoms with Crippen molar-refractivity contribution in [2.75, 3.05) is 26.2 Å². The summed E-state index contributed by atoms with van der Waals surface area (Å²) < 4.78 is 0. The van der Waals surface area contributed by atoms with Crippen LogP contribution in [0.4, 0.5) is 4.79 Å². The average molecular weight is 333 g/mol. The van der Waals surface area contributed by atoms with Gasteiger partial charge < -0.3 is 15.7 Å². The van der Waals surface area contributed by atoms with Crippen molar-refractivity contribution >= 4 is 6.03 Å². The Bertz CT molecular complexity index is 519. The number of fused-ring (bicyclic) bond motifs is 1. The molecule has 0 aliphatic carbocycles. The summed E-state index contributed by atoms with van der Waals surface area (Å²) in [5.41, 5.74) is 2.89. The van der Waals surface area contributed by atoms with Gasteiger partial charge in [0.15, 0.2) is 0 Å². The number of urea groups is 1. The van der Waals surface area contributed by atoms with E-state index in [1.54, 1.807) is 0 Å². The quantitative estimate of drug-likeness (QED) is 0.639. The zero-order valence-corrected chi connectivity index (χ0v) is 14.9. The van der Waals surface area contributed by atoms with Crippen LogP contribution < -0.4 is 10.6 Å². The molecule has 0 spiro atoms. The number of carbonyl (C=O) groups excluding carboxylic acids is 1. The molecule has 1 heterocycles. The molecule has 134 valence electrons. The van der Waals surface area contributed by atoms with Gasteiger partial charge in [-0.25, -0.2) is 4.79 Å². The maximum Gasteiger partial charge on any atom is 0.315 e. The number of nitrogens with zero attached hydrogens (tertiary/aromatic N) is 1. The van der Waals surface area contributed by atoms with Crippen LogP contribution in [0.25, 0.3) is 0 Å². The zero-order chi connectivity index (χ0) is 17.4. The van der Waals surface area contributed by atoms with Crippen LogP contribution in [0.15, 0.2) is 24.3 Å². The van der Waals surface area contributed by atoms with Crippen molar-refractivity contribution in [1.29, 1.82) is 0 Å². The van der Waals surface area contributed by atoms with E-state index in [0.717, 1.165) is 38.9 Å². The van der Waals surface area contributed by atoms with Crippen LogP contribution in [-0.2, 0) is 13.0 Å². The van der Waals surface area contributed by atoms with Gasteiger partial charge in [0.05, 0.1) is 12.6 Å². The highest BCUT2D eigenvalue weighted by Crippen LogP contribution is 2.18. The lowest BCUT2D eigenvalue weighted by molar-refractivity contribution is 0.205. The smallest absolute Gasteiger partial charge is 0.315 e. The Kier molecular flexibility index (Phi) is 7.53. The van der Waals surface area contributed by atoms with Crippen LogP contribution in [0.2, 0.25) is 0 Å². The summed E-state index contributed by atoms with van der Waals surface area (Å²) in [6.07, 6.45) is 2.83. The fourth-order valence-electron chi connectivity index (χ4n) is 3.23. The van der Waals surface area contributed by atoms with Crippen molar-refractivity contribution in [1.82, 2.24) is 15.5 Å². The first-order chi connectivity index (χ1) is 11.6. The molecule has 1 atom stereocenters. The number of hydrogen-bond donors (Lipinski definition) is 3. The zero-order valence-electron chi connectivity index (χ0n) is 14.9. The van der Waals surface area contributed by atoms with Crippen LogP contribution >= 0.6 is 0 Å². The Morgan fingerprint density at radius 3 is 2.75 bits per heavy atom. The van der Waals surface area contributed by atoms with Gasteiger partial charge in [0.25, 0.3) is 0 Å². The Labute approximate surface area is 145 Å². The normalized spacial score (nSPS) is 15.8. The van der Waals surface area contributed by atoms with Gasteiger partial charge in [0, 0.05) is 26.2 Å². The predicted molar refractivity (Wildman–Crippen MR) is 96.9 cm³/mol. The molecule has 0 saturated carbocycles. The summed E-state index contributed by atoms with van der Waals surface area (Å²) >= 11 is 0. The summed E-state index contributed by atoms with van der Waals surface area (Å²) in [5.74, 6) is 0.449. The van der Waals surface area contributed by atoms with Gasteiger partial charge in [-0.1, -0.05) is 38.1 Å². The second-order valence-corrected chi connectivity index (χ2v) is 7.06. The molecule has 1 aromatic carbocycles. The van der Waals surface area contributed by atoms with Gasteiger partial charge in [-0.05, 0) is 36.3 Å². The molecule has 1 aromatic rings. The van der Waals surface area contributed by atoms with Crippen LogP contribution in [0.3, 0.4) is 0 Å². The van der Waals surface area contributed by atoms with Crippen LogP contribution in [0.1, 0.15) is 37.8 Å². The molecular weight excluding hydrogens is 302 g/mol. The third kappa shape index (κ3) is 6.13. The Morgan fingerprint density at radius 2 is 2.04 bits per heavy atom. The van der Waals surface area contributed by atoms with E-state index in [1.807, 2.05) is 0 Å². The van der Waals surface area contributed by atoms with Crippen molar-refractivity contribution in [2.45, 2.75) is 45.7 Å². The summed E-state index contributed by atoms with van der Waals surface area (Å²) in [6.45, 7) is 7.89. The third-order valence-electron chi connectivity index (χ3n) is 4.46. The number of benzene rings is 1. The van der Waals surface area contributed by atoms with Crippen LogP contribution in [0.5, 0.6) is 0 Å². The number of nitrogens with one attached hydrogen (secondary N) is 2. The molecule has 2 rings (SSSR count). The van der Waals surface area contributed by atoms with E-state index in [4.69, 9.17) is 0 Å². The summed E-state index contributed by atoms with van der Waals surface area (Å²) in [5, 5.41) is 15.0. The van der Waals surface area contributed by atoms with Gasteiger partial charge in [-0.15, -0.1) is 0 Å².